The zero-order valence-corrected chi connectivity index (χ0v) is 12.4. The lowest BCUT2D eigenvalue weighted by Crippen LogP contribution is -2.37. The Hall–Kier alpha value is -0.600. The number of aryl methyl sites for hydroxylation is 1. The molecule has 1 nitrogen and oxygen atoms in total. The monoisotopic (exact) mass is 283 g/mol. The Morgan fingerprint density at radius 2 is 2.00 bits per heavy atom. The van der Waals surface area contributed by atoms with Crippen molar-refractivity contribution in [2.24, 2.45) is 0 Å². The second-order valence-corrected chi connectivity index (χ2v) is 5.90. The van der Waals surface area contributed by atoms with Crippen molar-refractivity contribution in [3.8, 4) is 0 Å². The fraction of sp³-hybridized carbons (Fsp3) is 0.625. The van der Waals surface area contributed by atoms with Gasteiger partial charge in [-0.1, -0.05) is 25.3 Å². The number of hydrogen-bond donors (Lipinski definition) is 0. The Morgan fingerprint density at radius 1 is 1.26 bits per heavy atom. The van der Waals surface area contributed by atoms with Gasteiger partial charge < -0.3 is 0 Å². The van der Waals surface area contributed by atoms with Gasteiger partial charge in [-0.15, -0.1) is 11.6 Å². The van der Waals surface area contributed by atoms with Gasteiger partial charge >= 0.3 is 0 Å². The van der Waals surface area contributed by atoms with Gasteiger partial charge in [-0.2, -0.15) is 0 Å². The van der Waals surface area contributed by atoms with E-state index < -0.39 is 0 Å². The highest BCUT2D eigenvalue weighted by Gasteiger charge is 2.21. The van der Waals surface area contributed by atoms with E-state index in [2.05, 4.69) is 11.8 Å². The molecule has 0 amide bonds. The first-order valence-corrected chi connectivity index (χ1v) is 7.79. The van der Waals surface area contributed by atoms with Crippen molar-refractivity contribution in [2.45, 2.75) is 51.6 Å². The highest BCUT2D eigenvalue weighted by Crippen LogP contribution is 2.25. The zero-order chi connectivity index (χ0) is 13.7. The normalized spacial score (nSPS) is 17.1. The van der Waals surface area contributed by atoms with E-state index in [1.54, 1.807) is 6.07 Å². The van der Waals surface area contributed by atoms with E-state index in [1.165, 1.54) is 38.2 Å². The minimum atomic E-state index is -0.143. The Labute approximate surface area is 120 Å². The first-order valence-electron chi connectivity index (χ1n) is 7.25. The fourth-order valence-electron chi connectivity index (χ4n) is 2.97. The maximum atomic E-state index is 13.4. The molecule has 0 aromatic heterocycles. The van der Waals surface area contributed by atoms with Crippen molar-refractivity contribution in [3.63, 3.8) is 0 Å². The van der Waals surface area contributed by atoms with Crippen LogP contribution in [0.2, 0.25) is 0 Å². The third-order valence-corrected chi connectivity index (χ3v) is 4.32. The molecule has 0 N–H and O–H groups in total. The zero-order valence-electron chi connectivity index (χ0n) is 11.7. The smallest absolute Gasteiger partial charge is 0.123 e. The number of nitrogens with zero attached hydrogens (tertiary/aromatic N) is 1. The molecule has 3 heteroatoms. The molecular weight excluding hydrogens is 261 g/mol. The van der Waals surface area contributed by atoms with Gasteiger partial charge in [0.2, 0.25) is 0 Å². The molecule has 1 aliphatic carbocycles. The SMILES string of the molecule is Cc1ccc(F)cc1CN(CCCl)C1CCCCC1. The first kappa shape index (κ1) is 14.8. The lowest BCUT2D eigenvalue weighted by Gasteiger charge is -2.34. The van der Waals surface area contributed by atoms with Crippen LogP contribution in [0, 0.1) is 12.7 Å². The predicted octanol–water partition coefficient (Wildman–Crippen LogP) is 4.51. The second kappa shape index (κ2) is 7.25. The van der Waals surface area contributed by atoms with Crippen LogP contribution < -0.4 is 0 Å². The van der Waals surface area contributed by atoms with Crippen LogP contribution in [0.1, 0.15) is 43.2 Å². The average molecular weight is 284 g/mol. The van der Waals surface area contributed by atoms with Crippen LogP contribution in [0.5, 0.6) is 0 Å². The van der Waals surface area contributed by atoms with Crippen LogP contribution in [-0.2, 0) is 6.54 Å². The van der Waals surface area contributed by atoms with Gasteiger partial charge in [-0.25, -0.2) is 4.39 Å². The van der Waals surface area contributed by atoms with Crippen molar-refractivity contribution < 1.29 is 4.39 Å². The number of rotatable bonds is 5. The fourth-order valence-corrected chi connectivity index (χ4v) is 3.19. The molecule has 1 saturated carbocycles. The van der Waals surface area contributed by atoms with Crippen molar-refractivity contribution in [1.82, 2.24) is 4.90 Å². The van der Waals surface area contributed by atoms with Gasteiger partial charge in [0.05, 0.1) is 0 Å². The molecule has 1 aromatic rings. The van der Waals surface area contributed by atoms with E-state index >= 15 is 0 Å². The molecule has 0 atom stereocenters. The van der Waals surface area contributed by atoms with E-state index in [1.807, 2.05) is 6.07 Å². The molecule has 0 radical (unpaired) electrons. The molecule has 2 rings (SSSR count). The van der Waals surface area contributed by atoms with Crippen LogP contribution in [-0.4, -0.2) is 23.4 Å². The quantitative estimate of drug-likeness (QED) is 0.719. The number of halogens is 2. The molecule has 1 fully saturated rings. The van der Waals surface area contributed by atoms with Gasteiger partial charge in [0.25, 0.3) is 0 Å². The Balaban J connectivity index is 2.08. The minimum absolute atomic E-state index is 0.143. The van der Waals surface area contributed by atoms with Gasteiger partial charge in [-0.05, 0) is 43.0 Å². The van der Waals surface area contributed by atoms with Crippen molar-refractivity contribution in [1.29, 1.82) is 0 Å². The topological polar surface area (TPSA) is 3.24 Å². The first-order chi connectivity index (χ1) is 9.20. The summed E-state index contributed by atoms with van der Waals surface area (Å²) in [6.07, 6.45) is 6.48. The predicted molar refractivity (Wildman–Crippen MR) is 79.1 cm³/mol. The molecular formula is C16H23ClFN. The summed E-state index contributed by atoms with van der Waals surface area (Å²) >= 11 is 5.94. The van der Waals surface area contributed by atoms with Crippen LogP contribution in [0.4, 0.5) is 4.39 Å². The van der Waals surface area contributed by atoms with E-state index in [9.17, 15) is 4.39 Å². The number of alkyl halides is 1. The average Bonchev–Trinajstić information content (AvgIpc) is 2.43. The van der Waals surface area contributed by atoms with E-state index in [-0.39, 0.29) is 5.82 Å². The number of hydrogen-bond acceptors (Lipinski definition) is 1. The highest BCUT2D eigenvalue weighted by molar-refractivity contribution is 6.18. The Morgan fingerprint density at radius 3 is 2.68 bits per heavy atom. The molecule has 0 bridgehead atoms. The summed E-state index contributed by atoms with van der Waals surface area (Å²) in [6.45, 7) is 3.76. The largest absolute Gasteiger partial charge is 0.295 e. The van der Waals surface area contributed by atoms with Crippen molar-refractivity contribution >= 4 is 11.6 Å². The second-order valence-electron chi connectivity index (χ2n) is 5.52. The third-order valence-electron chi connectivity index (χ3n) is 4.15. The van der Waals surface area contributed by atoms with E-state index in [0.29, 0.717) is 11.9 Å². The summed E-state index contributed by atoms with van der Waals surface area (Å²) in [7, 11) is 0. The third kappa shape index (κ3) is 4.19. The Kier molecular flexibility index (Phi) is 5.65. The van der Waals surface area contributed by atoms with E-state index in [0.717, 1.165) is 24.2 Å². The van der Waals surface area contributed by atoms with Crippen LogP contribution in [0.15, 0.2) is 18.2 Å². The number of benzene rings is 1. The lowest BCUT2D eigenvalue weighted by molar-refractivity contribution is 0.156. The van der Waals surface area contributed by atoms with E-state index in [4.69, 9.17) is 11.6 Å². The molecule has 106 valence electrons. The maximum absolute atomic E-state index is 13.4. The van der Waals surface area contributed by atoms with Crippen molar-refractivity contribution in [2.75, 3.05) is 12.4 Å². The van der Waals surface area contributed by atoms with Gasteiger partial charge in [-0.3, -0.25) is 4.90 Å². The molecule has 0 spiro atoms. The lowest BCUT2D eigenvalue weighted by atomic mass is 9.93. The molecule has 19 heavy (non-hydrogen) atoms. The summed E-state index contributed by atoms with van der Waals surface area (Å²) in [4.78, 5) is 2.44. The standard InChI is InChI=1S/C16H23ClFN/c1-13-7-8-15(18)11-14(13)12-19(10-9-17)16-5-3-2-4-6-16/h7-8,11,16H,2-6,9-10,12H2,1H3. The molecule has 1 aliphatic rings. The van der Waals surface area contributed by atoms with Crippen LogP contribution in [0.3, 0.4) is 0 Å². The Bertz CT molecular complexity index is 402. The molecule has 0 unspecified atom stereocenters. The van der Waals surface area contributed by atoms with Crippen LogP contribution in [0.25, 0.3) is 0 Å². The van der Waals surface area contributed by atoms with Crippen LogP contribution >= 0.6 is 11.6 Å². The van der Waals surface area contributed by atoms with Crippen molar-refractivity contribution in [3.05, 3.63) is 35.1 Å². The molecule has 0 saturated heterocycles. The molecule has 0 aliphatic heterocycles. The van der Waals surface area contributed by atoms with Gasteiger partial charge in [0.15, 0.2) is 0 Å². The summed E-state index contributed by atoms with van der Waals surface area (Å²) in [5, 5.41) is 0. The highest BCUT2D eigenvalue weighted by atomic mass is 35.5. The summed E-state index contributed by atoms with van der Waals surface area (Å²) < 4.78 is 13.4. The molecule has 1 aromatic carbocycles. The summed E-state index contributed by atoms with van der Waals surface area (Å²) in [5.74, 6) is 0.500. The van der Waals surface area contributed by atoms with Gasteiger partial charge in [0, 0.05) is 25.0 Å². The summed E-state index contributed by atoms with van der Waals surface area (Å²) in [6, 6.07) is 5.69. The van der Waals surface area contributed by atoms with Gasteiger partial charge in [0.1, 0.15) is 5.82 Å². The minimum Gasteiger partial charge on any atom is -0.295 e. The summed E-state index contributed by atoms with van der Waals surface area (Å²) in [5.41, 5.74) is 2.26. The maximum Gasteiger partial charge on any atom is 0.123 e. The molecule has 0 heterocycles.